The minimum atomic E-state index is -0.764. The van der Waals surface area contributed by atoms with Gasteiger partial charge >= 0.3 is 6.03 Å². The summed E-state index contributed by atoms with van der Waals surface area (Å²) in [5.74, 6) is -0.923. The summed E-state index contributed by atoms with van der Waals surface area (Å²) >= 11 is 0. The average molecular weight is 439 g/mol. The van der Waals surface area contributed by atoms with Gasteiger partial charge in [-0.05, 0) is 66.6 Å². The first kappa shape index (κ1) is 20.5. The molecule has 7 heteroatoms. The second kappa shape index (κ2) is 7.94. The van der Waals surface area contributed by atoms with E-state index in [2.05, 4.69) is 34.1 Å². The Hall–Kier alpha value is -4.39. The maximum atomic E-state index is 13.0. The van der Waals surface area contributed by atoms with Crippen LogP contribution in [0.1, 0.15) is 22.7 Å². The van der Waals surface area contributed by atoms with Gasteiger partial charge in [-0.1, -0.05) is 30.3 Å². The molecule has 0 saturated carbocycles. The largest absolute Gasteiger partial charge is 0.467 e. The van der Waals surface area contributed by atoms with Crippen LogP contribution in [0.5, 0.6) is 0 Å². The van der Waals surface area contributed by atoms with Crippen LogP contribution in [0.4, 0.5) is 4.79 Å². The Labute approximate surface area is 189 Å². The van der Waals surface area contributed by atoms with E-state index in [1.807, 2.05) is 38.1 Å². The number of nitrogens with zero attached hydrogens (tertiary/aromatic N) is 2. The van der Waals surface area contributed by atoms with Gasteiger partial charge in [0.1, 0.15) is 11.3 Å². The Balaban J connectivity index is 1.52. The summed E-state index contributed by atoms with van der Waals surface area (Å²) < 4.78 is 7.33. The van der Waals surface area contributed by atoms with Crippen molar-refractivity contribution in [2.24, 2.45) is 0 Å². The van der Waals surface area contributed by atoms with Gasteiger partial charge in [0.05, 0.1) is 12.8 Å². The molecule has 0 bridgehead atoms. The third-order valence-corrected chi connectivity index (χ3v) is 5.84. The number of benzene rings is 2. The number of amides is 4. The number of aromatic nitrogens is 1. The predicted octanol–water partition coefficient (Wildman–Crippen LogP) is 4.50. The predicted molar refractivity (Wildman–Crippen MR) is 124 cm³/mol. The summed E-state index contributed by atoms with van der Waals surface area (Å²) in [6, 6.07) is 18.8. The molecule has 33 heavy (non-hydrogen) atoms. The zero-order valence-electron chi connectivity index (χ0n) is 18.2. The lowest BCUT2D eigenvalue weighted by atomic mass is 10.1. The Morgan fingerprint density at radius 1 is 0.939 bits per heavy atom. The van der Waals surface area contributed by atoms with Crippen LogP contribution in [0.25, 0.3) is 22.5 Å². The minimum absolute atomic E-state index is 0.0571. The Kier molecular flexibility index (Phi) is 4.94. The summed E-state index contributed by atoms with van der Waals surface area (Å²) in [5.41, 5.74) is 3.46. The van der Waals surface area contributed by atoms with Gasteiger partial charge in [0.2, 0.25) is 0 Å². The molecule has 1 aliphatic rings. The number of fused-ring (bicyclic) bond motifs is 1. The van der Waals surface area contributed by atoms with E-state index in [-0.39, 0.29) is 12.1 Å². The van der Waals surface area contributed by atoms with Crippen LogP contribution >= 0.6 is 0 Å². The third kappa shape index (κ3) is 3.63. The van der Waals surface area contributed by atoms with Gasteiger partial charge in [0.25, 0.3) is 11.8 Å². The topological polar surface area (TPSA) is 84.6 Å². The van der Waals surface area contributed by atoms with Crippen LogP contribution in [0, 0.1) is 13.8 Å². The van der Waals surface area contributed by atoms with Crippen molar-refractivity contribution in [3.63, 3.8) is 0 Å². The van der Waals surface area contributed by atoms with E-state index in [0.29, 0.717) is 5.76 Å². The molecule has 2 aromatic carbocycles. The molecule has 2 aromatic heterocycles. The monoisotopic (exact) mass is 439 g/mol. The molecule has 1 aliphatic heterocycles. The number of carbonyl (C=O) groups is 3. The second-order valence-corrected chi connectivity index (χ2v) is 7.98. The van der Waals surface area contributed by atoms with Crippen molar-refractivity contribution in [3.8, 4) is 5.69 Å². The number of carbonyl (C=O) groups excluding carboxylic acids is 3. The average Bonchev–Trinajstić information content (AvgIpc) is 3.41. The molecule has 1 fully saturated rings. The van der Waals surface area contributed by atoms with Gasteiger partial charge in [-0.3, -0.25) is 19.8 Å². The lowest BCUT2D eigenvalue weighted by Crippen LogP contribution is -2.53. The highest BCUT2D eigenvalue weighted by Crippen LogP contribution is 2.26. The lowest BCUT2D eigenvalue weighted by Gasteiger charge is -2.25. The number of rotatable bonds is 4. The normalized spacial score (nSPS) is 15.5. The zero-order valence-corrected chi connectivity index (χ0v) is 18.2. The smallest absolute Gasteiger partial charge is 0.331 e. The summed E-state index contributed by atoms with van der Waals surface area (Å²) in [6.07, 6.45) is 3.00. The van der Waals surface area contributed by atoms with E-state index in [0.717, 1.165) is 38.3 Å². The number of nitrogens with one attached hydrogen (secondary N) is 1. The summed E-state index contributed by atoms with van der Waals surface area (Å²) in [5, 5.41) is 4.52. The Morgan fingerprint density at radius 3 is 2.48 bits per heavy atom. The Bertz CT molecular complexity index is 1440. The molecule has 7 nitrogen and oxygen atoms in total. The fourth-order valence-corrected chi connectivity index (χ4v) is 4.20. The summed E-state index contributed by atoms with van der Waals surface area (Å²) in [6.45, 7) is 3.85. The van der Waals surface area contributed by atoms with E-state index in [4.69, 9.17) is 4.42 Å². The van der Waals surface area contributed by atoms with Gasteiger partial charge in [0.15, 0.2) is 0 Å². The van der Waals surface area contributed by atoms with Gasteiger partial charge in [-0.15, -0.1) is 0 Å². The van der Waals surface area contributed by atoms with Crippen molar-refractivity contribution >= 4 is 34.7 Å². The quantitative estimate of drug-likeness (QED) is 0.375. The fraction of sp³-hybridized carbons (Fsp3) is 0.115. The van der Waals surface area contributed by atoms with Crippen LogP contribution in [-0.4, -0.2) is 27.3 Å². The number of aryl methyl sites for hydroxylation is 1. The van der Waals surface area contributed by atoms with Crippen molar-refractivity contribution in [2.75, 3.05) is 0 Å². The van der Waals surface area contributed by atoms with E-state index in [1.165, 1.54) is 6.26 Å². The van der Waals surface area contributed by atoms with Gasteiger partial charge in [-0.25, -0.2) is 4.79 Å². The second-order valence-electron chi connectivity index (χ2n) is 7.98. The molecule has 4 aromatic rings. The number of hydrogen-bond donors (Lipinski definition) is 1. The lowest BCUT2D eigenvalue weighted by molar-refractivity contribution is -0.130. The minimum Gasteiger partial charge on any atom is -0.467 e. The maximum absolute atomic E-state index is 13.0. The first-order valence-corrected chi connectivity index (χ1v) is 10.5. The first-order valence-electron chi connectivity index (χ1n) is 10.5. The first-order chi connectivity index (χ1) is 15.9. The van der Waals surface area contributed by atoms with Crippen molar-refractivity contribution in [1.82, 2.24) is 14.8 Å². The van der Waals surface area contributed by atoms with Crippen molar-refractivity contribution in [3.05, 3.63) is 95.2 Å². The number of furan rings is 1. The molecule has 0 spiro atoms. The van der Waals surface area contributed by atoms with Crippen molar-refractivity contribution in [1.29, 1.82) is 0 Å². The SMILES string of the molecule is Cc1cc(C=C2C(=O)NC(=O)N(Cc3ccco3)C2=O)c(C)n1-c1ccc2ccccc2c1. The van der Waals surface area contributed by atoms with Crippen LogP contribution in [0.3, 0.4) is 0 Å². The van der Waals surface area contributed by atoms with Crippen LogP contribution in [0.2, 0.25) is 0 Å². The third-order valence-electron chi connectivity index (χ3n) is 5.84. The Morgan fingerprint density at radius 2 is 1.73 bits per heavy atom. The molecule has 5 rings (SSSR count). The molecule has 0 atom stereocenters. The number of imide groups is 2. The molecule has 3 heterocycles. The van der Waals surface area contributed by atoms with Crippen molar-refractivity contribution in [2.45, 2.75) is 20.4 Å². The highest BCUT2D eigenvalue weighted by Gasteiger charge is 2.36. The van der Waals surface area contributed by atoms with E-state index in [9.17, 15) is 14.4 Å². The highest BCUT2D eigenvalue weighted by molar-refractivity contribution is 6.31. The summed E-state index contributed by atoms with van der Waals surface area (Å²) in [7, 11) is 0. The highest BCUT2D eigenvalue weighted by atomic mass is 16.3. The van der Waals surface area contributed by atoms with E-state index < -0.39 is 17.8 Å². The fourth-order valence-electron chi connectivity index (χ4n) is 4.20. The molecular weight excluding hydrogens is 418 g/mol. The molecular formula is C26H21N3O4. The van der Waals surface area contributed by atoms with E-state index in [1.54, 1.807) is 18.2 Å². The maximum Gasteiger partial charge on any atom is 0.331 e. The van der Waals surface area contributed by atoms with Gasteiger partial charge in [0, 0.05) is 17.1 Å². The van der Waals surface area contributed by atoms with E-state index >= 15 is 0 Å². The van der Waals surface area contributed by atoms with Crippen LogP contribution in [0.15, 0.2) is 76.9 Å². The van der Waals surface area contributed by atoms with Gasteiger partial charge < -0.3 is 8.98 Å². The molecule has 0 radical (unpaired) electrons. The zero-order chi connectivity index (χ0) is 23.1. The number of urea groups is 1. The standard InChI is InChI=1S/C26H21N3O4/c1-16-12-20(17(2)29(16)21-10-9-18-6-3-4-7-19(18)13-21)14-23-24(30)27-26(32)28(25(23)31)15-22-8-5-11-33-22/h3-14H,15H2,1-2H3,(H,27,30,32). The molecule has 0 unspecified atom stereocenters. The number of hydrogen-bond acceptors (Lipinski definition) is 4. The molecule has 4 amide bonds. The molecule has 1 N–H and O–H groups in total. The number of barbiturate groups is 1. The van der Waals surface area contributed by atoms with Crippen molar-refractivity contribution < 1.29 is 18.8 Å². The molecule has 1 saturated heterocycles. The van der Waals surface area contributed by atoms with Crippen LogP contribution in [-0.2, 0) is 16.1 Å². The molecule has 164 valence electrons. The summed E-state index contributed by atoms with van der Waals surface area (Å²) in [4.78, 5) is 38.8. The van der Waals surface area contributed by atoms with Crippen LogP contribution < -0.4 is 5.32 Å². The molecule has 0 aliphatic carbocycles. The van der Waals surface area contributed by atoms with Gasteiger partial charge in [-0.2, -0.15) is 0 Å².